The molecule has 0 atom stereocenters. The van der Waals surface area contributed by atoms with E-state index in [1.54, 1.807) is 17.4 Å². The number of halogens is 1. The lowest BCUT2D eigenvalue weighted by Gasteiger charge is -2.18. The molecule has 0 radical (unpaired) electrons. The third-order valence-corrected chi connectivity index (χ3v) is 6.44. The maximum absolute atomic E-state index is 12.5. The van der Waals surface area contributed by atoms with Crippen molar-refractivity contribution in [1.29, 1.82) is 0 Å². The van der Waals surface area contributed by atoms with Crippen molar-refractivity contribution in [2.45, 2.75) is 26.2 Å². The first-order valence-corrected chi connectivity index (χ1v) is 12.0. The highest BCUT2D eigenvalue weighted by molar-refractivity contribution is 7.13. The van der Waals surface area contributed by atoms with E-state index in [4.69, 9.17) is 16.6 Å². The molecule has 166 valence electrons. The van der Waals surface area contributed by atoms with Crippen LogP contribution in [0.5, 0.6) is 0 Å². The van der Waals surface area contributed by atoms with Gasteiger partial charge in [-0.1, -0.05) is 87.0 Å². The number of thiazole rings is 1. The van der Waals surface area contributed by atoms with E-state index in [1.165, 1.54) is 5.56 Å². The Bertz CT molecular complexity index is 1300. The number of benzene rings is 3. The average molecular weight is 473 g/mol. The number of amides is 1. The van der Waals surface area contributed by atoms with E-state index in [0.717, 1.165) is 33.1 Å². The monoisotopic (exact) mass is 472 g/mol. The highest BCUT2D eigenvalue weighted by atomic mass is 35.5. The van der Waals surface area contributed by atoms with Crippen molar-refractivity contribution < 1.29 is 4.79 Å². The van der Waals surface area contributed by atoms with Crippen LogP contribution in [0.2, 0.25) is 5.02 Å². The van der Waals surface area contributed by atoms with Crippen molar-refractivity contribution in [3.63, 3.8) is 0 Å². The van der Waals surface area contributed by atoms with Crippen LogP contribution in [0, 0.1) is 0 Å². The van der Waals surface area contributed by atoms with Crippen molar-refractivity contribution in [1.82, 2.24) is 4.98 Å². The molecule has 5 heteroatoms. The minimum Gasteiger partial charge on any atom is -0.322 e. The summed E-state index contributed by atoms with van der Waals surface area (Å²) in [5.41, 5.74) is 5.78. The van der Waals surface area contributed by atoms with Gasteiger partial charge in [0.05, 0.1) is 10.7 Å². The van der Waals surface area contributed by atoms with Crippen LogP contribution in [0.15, 0.2) is 84.3 Å². The first kappa shape index (κ1) is 23.0. The Hall–Kier alpha value is -3.21. The summed E-state index contributed by atoms with van der Waals surface area (Å²) in [6.07, 6.45) is 3.37. The molecule has 0 saturated carbocycles. The largest absolute Gasteiger partial charge is 0.322 e. The van der Waals surface area contributed by atoms with E-state index in [0.29, 0.717) is 5.02 Å². The van der Waals surface area contributed by atoms with Gasteiger partial charge in [-0.15, -0.1) is 11.3 Å². The molecule has 1 aromatic heterocycles. The molecule has 0 aliphatic rings. The molecule has 0 unspecified atom stereocenters. The molecule has 0 bridgehead atoms. The van der Waals surface area contributed by atoms with E-state index in [9.17, 15) is 4.79 Å². The first-order chi connectivity index (χ1) is 15.8. The first-order valence-electron chi connectivity index (χ1n) is 10.7. The van der Waals surface area contributed by atoms with Crippen LogP contribution in [0.1, 0.15) is 31.9 Å². The molecule has 1 heterocycles. The minimum atomic E-state index is -0.179. The lowest BCUT2D eigenvalue weighted by Crippen LogP contribution is -2.10. The Kier molecular flexibility index (Phi) is 6.77. The quantitative estimate of drug-likeness (QED) is 0.298. The van der Waals surface area contributed by atoms with E-state index >= 15 is 0 Å². The molecular weight excluding hydrogens is 448 g/mol. The summed E-state index contributed by atoms with van der Waals surface area (Å²) in [6.45, 7) is 6.55. The Morgan fingerprint density at radius 2 is 1.76 bits per heavy atom. The predicted octanol–water partition coefficient (Wildman–Crippen LogP) is 8.08. The molecule has 0 saturated heterocycles. The van der Waals surface area contributed by atoms with Gasteiger partial charge in [0.25, 0.3) is 0 Å². The summed E-state index contributed by atoms with van der Waals surface area (Å²) in [5.74, 6) is -0.179. The Morgan fingerprint density at radius 1 is 1.00 bits per heavy atom. The molecular formula is C28H25ClN2OS. The van der Waals surface area contributed by atoms with E-state index < -0.39 is 0 Å². The maximum Gasteiger partial charge on any atom is 0.248 e. The van der Waals surface area contributed by atoms with Gasteiger partial charge in [-0.2, -0.15) is 0 Å². The van der Waals surface area contributed by atoms with Crippen molar-refractivity contribution in [3.05, 3.63) is 100 Å². The van der Waals surface area contributed by atoms with E-state index in [-0.39, 0.29) is 11.3 Å². The van der Waals surface area contributed by atoms with Gasteiger partial charge in [0, 0.05) is 28.3 Å². The number of carbonyl (C=O) groups excluding carboxylic acids is 1. The van der Waals surface area contributed by atoms with Gasteiger partial charge in [0.15, 0.2) is 0 Å². The summed E-state index contributed by atoms with van der Waals surface area (Å²) in [4.78, 5) is 17.2. The van der Waals surface area contributed by atoms with Crippen molar-refractivity contribution in [3.8, 4) is 21.8 Å². The fraction of sp³-hybridized carbons (Fsp3) is 0.143. The van der Waals surface area contributed by atoms with Gasteiger partial charge >= 0.3 is 0 Å². The van der Waals surface area contributed by atoms with Crippen LogP contribution < -0.4 is 5.32 Å². The van der Waals surface area contributed by atoms with Crippen LogP contribution in [0.3, 0.4) is 0 Å². The number of anilines is 1. The number of nitrogens with zero attached hydrogens (tertiary/aromatic N) is 1. The Balaban J connectivity index is 1.45. The van der Waals surface area contributed by atoms with E-state index in [1.807, 2.05) is 72.1 Å². The van der Waals surface area contributed by atoms with Crippen LogP contribution in [0.4, 0.5) is 5.69 Å². The smallest absolute Gasteiger partial charge is 0.248 e. The highest BCUT2D eigenvalue weighted by Crippen LogP contribution is 2.33. The van der Waals surface area contributed by atoms with Crippen molar-refractivity contribution >= 4 is 40.6 Å². The number of rotatable bonds is 5. The molecule has 0 spiro atoms. The van der Waals surface area contributed by atoms with Gasteiger partial charge in [0.2, 0.25) is 5.91 Å². The second-order valence-electron chi connectivity index (χ2n) is 8.79. The molecule has 4 aromatic rings. The SMILES string of the molecule is CC(C)(C)c1ccc(/C=C/C(=O)Nc2cccc(-c3csc(-c4ccccc4Cl)n3)c2)cc1. The van der Waals surface area contributed by atoms with E-state index in [2.05, 4.69) is 38.2 Å². The second-order valence-corrected chi connectivity index (χ2v) is 10.1. The zero-order chi connectivity index (χ0) is 23.4. The Morgan fingerprint density at radius 3 is 2.48 bits per heavy atom. The summed E-state index contributed by atoms with van der Waals surface area (Å²) in [6, 6.07) is 23.6. The fourth-order valence-corrected chi connectivity index (χ4v) is 4.52. The summed E-state index contributed by atoms with van der Waals surface area (Å²) in [5, 5.41) is 6.48. The third-order valence-electron chi connectivity index (χ3n) is 5.24. The van der Waals surface area contributed by atoms with Crippen LogP contribution in [-0.4, -0.2) is 10.9 Å². The zero-order valence-corrected chi connectivity index (χ0v) is 20.4. The summed E-state index contributed by atoms with van der Waals surface area (Å²) >= 11 is 7.86. The van der Waals surface area contributed by atoms with Crippen molar-refractivity contribution in [2.75, 3.05) is 5.32 Å². The maximum atomic E-state index is 12.5. The third kappa shape index (κ3) is 5.78. The van der Waals surface area contributed by atoms with Crippen LogP contribution >= 0.6 is 22.9 Å². The minimum absolute atomic E-state index is 0.107. The normalized spacial score (nSPS) is 11.6. The van der Waals surface area contributed by atoms with Gasteiger partial charge in [-0.3, -0.25) is 4.79 Å². The van der Waals surface area contributed by atoms with Crippen LogP contribution in [-0.2, 0) is 10.2 Å². The topological polar surface area (TPSA) is 42.0 Å². The second kappa shape index (κ2) is 9.74. The molecule has 33 heavy (non-hydrogen) atoms. The molecule has 0 aliphatic carbocycles. The molecule has 1 amide bonds. The zero-order valence-electron chi connectivity index (χ0n) is 18.8. The van der Waals surface area contributed by atoms with Gasteiger partial charge in [0.1, 0.15) is 5.01 Å². The van der Waals surface area contributed by atoms with Gasteiger partial charge < -0.3 is 5.32 Å². The molecule has 4 rings (SSSR count). The molecule has 0 aliphatic heterocycles. The number of hydrogen-bond donors (Lipinski definition) is 1. The summed E-state index contributed by atoms with van der Waals surface area (Å²) in [7, 11) is 0. The van der Waals surface area contributed by atoms with Gasteiger partial charge in [-0.25, -0.2) is 4.98 Å². The number of aromatic nitrogens is 1. The Labute approximate surface area is 203 Å². The molecule has 3 nitrogen and oxygen atoms in total. The fourth-order valence-electron chi connectivity index (χ4n) is 3.37. The average Bonchev–Trinajstić information content (AvgIpc) is 3.28. The number of nitrogens with one attached hydrogen (secondary N) is 1. The standard InChI is InChI=1S/C28H25ClN2OS/c1-28(2,3)21-14-11-19(12-15-21)13-16-26(32)30-22-8-6-7-20(17-22)25-18-33-27(31-25)23-9-4-5-10-24(23)29/h4-18H,1-3H3,(H,30,32)/b16-13+. The predicted molar refractivity (Wildman–Crippen MR) is 141 cm³/mol. The summed E-state index contributed by atoms with van der Waals surface area (Å²) < 4.78 is 0. The molecule has 3 aromatic carbocycles. The number of hydrogen-bond acceptors (Lipinski definition) is 3. The van der Waals surface area contributed by atoms with Crippen LogP contribution in [0.25, 0.3) is 27.9 Å². The lowest BCUT2D eigenvalue weighted by atomic mass is 9.87. The lowest BCUT2D eigenvalue weighted by molar-refractivity contribution is -0.111. The molecule has 1 N–H and O–H groups in total. The van der Waals surface area contributed by atoms with Gasteiger partial charge in [-0.05, 0) is 40.8 Å². The van der Waals surface area contributed by atoms with Crippen molar-refractivity contribution in [2.24, 2.45) is 0 Å². The molecule has 0 fully saturated rings. The highest BCUT2D eigenvalue weighted by Gasteiger charge is 2.13. The number of carbonyl (C=O) groups is 1.